The molecule has 28 heavy (non-hydrogen) atoms. The predicted molar refractivity (Wildman–Crippen MR) is 95.8 cm³/mol. The average Bonchev–Trinajstić information content (AvgIpc) is 2.70. The monoisotopic (exact) mass is 396 g/mol. The van der Waals surface area contributed by atoms with Crippen LogP contribution in [-0.4, -0.2) is 62.0 Å². The van der Waals surface area contributed by atoms with E-state index in [1.54, 1.807) is 24.3 Å². The van der Waals surface area contributed by atoms with E-state index in [1.165, 1.54) is 0 Å². The Labute approximate surface area is 162 Å². The fourth-order valence-corrected chi connectivity index (χ4v) is 2.10. The van der Waals surface area contributed by atoms with Gasteiger partial charge in [0, 0.05) is 6.54 Å². The highest BCUT2D eigenvalue weighted by atomic mass is 16.5. The summed E-state index contributed by atoms with van der Waals surface area (Å²) >= 11 is 0. The number of hydrogen-bond donors (Lipinski definition) is 3. The molecule has 2 amide bonds. The third kappa shape index (κ3) is 8.99. The van der Waals surface area contributed by atoms with Crippen LogP contribution in [0.2, 0.25) is 0 Å². The molecule has 0 heterocycles. The normalized spacial score (nSPS) is 12.2. The standard InChI is InChI=1S/C18H24N2O8/c1-26-16(23)9-14(17(24)27-2)20-15(22)8-13(21)10-19-18(25)28-11-12-6-4-3-5-7-12/h3-7,13-14,21H,8-11H2,1-2H3,(H,19,25)(H,20,22)/t13-,14-/m1/s1. The SMILES string of the molecule is COC(=O)C[C@@H](NC(=O)C[C@@H](O)CNC(=O)OCc1ccccc1)C(=O)OC. The van der Waals surface area contributed by atoms with Gasteiger partial charge < -0.3 is 30.0 Å². The lowest BCUT2D eigenvalue weighted by Crippen LogP contribution is -2.45. The van der Waals surface area contributed by atoms with Gasteiger partial charge in [-0.15, -0.1) is 0 Å². The first-order chi connectivity index (χ1) is 13.3. The summed E-state index contributed by atoms with van der Waals surface area (Å²) in [6.45, 7) is -0.168. The van der Waals surface area contributed by atoms with Crippen molar-refractivity contribution in [3.05, 3.63) is 35.9 Å². The summed E-state index contributed by atoms with van der Waals surface area (Å²) < 4.78 is 13.9. The van der Waals surface area contributed by atoms with E-state index >= 15 is 0 Å². The van der Waals surface area contributed by atoms with E-state index in [-0.39, 0.29) is 13.2 Å². The lowest BCUT2D eigenvalue weighted by atomic mass is 10.1. The number of hydrogen-bond acceptors (Lipinski definition) is 8. The van der Waals surface area contributed by atoms with Gasteiger partial charge in [-0.25, -0.2) is 9.59 Å². The predicted octanol–water partition coefficient (Wildman–Crippen LogP) is -0.115. The van der Waals surface area contributed by atoms with E-state index in [1.807, 2.05) is 6.07 Å². The molecule has 0 radical (unpaired) electrons. The highest BCUT2D eigenvalue weighted by Gasteiger charge is 2.26. The Morgan fingerprint density at radius 1 is 1.04 bits per heavy atom. The number of nitrogens with one attached hydrogen (secondary N) is 2. The Balaban J connectivity index is 2.36. The van der Waals surface area contributed by atoms with Crippen LogP contribution < -0.4 is 10.6 Å². The van der Waals surface area contributed by atoms with E-state index in [0.29, 0.717) is 0 Å². The molecule has 0 spiro atoms. The molecule has 2 atom stereocenters. The van der Waals surface area contributed by atoms with Crippen LogP contribution in [-0.2, 0) is 35.2 Å². The van der Waals surface area contributed by atoms with Crippen LogP contribution in [0, 0.1) is 0 Å². The fraction of sp³-hybridized carbons (Fsp3) is 0.444. The minimum Gasteiger partial charge on any atom is -0.469 e. The van der Waals surface area contributed by atoms with Gasteiger partial charge in [0.05, 0.1) is 33.2 Å². The average molecular weight is 396 g/mol. The van der Waals surface area contributed by atoms with Gasteiger partial charge in [-0.3, -0.25) is 9.59 Å². The maximum Gasteiger partial charge on any atom is 0.407 e. The topological polar surface area (TPSA) is 140 Å². The number of methoxy groups -OCH3 is 2. The number of carbonyl (C=O) groups is 4. The first-order valence-corrected chi connectivity index (χ1v) is 8.42. The Hall–Kier alpha value is -3.14. The smallest absolute Gasteiger partial charge is 0.407 e. The molecule has 0 fully saturated rings. The first kappa shape index (κ1) is 22.9. The maximum atomic E-state index is 11.9. The molecule has 3 N–H and O–H groups in total. The van der Waals surface area contributed by atoms with Gasteiger partial charge in [0.15, 0.2) is 0 Å². The zero-order chi connectivity index (χ0) is 20.9. The first-order valence-electron chi connectivity index (χ1n) is 8.42. The number of amides is 2. The van der Waals surface area contributed by atoms with Gasteiger partial charge in [-0.05, 0) is 5.56 Å². The van der Waals surface area contributed by atoms with Crippen molar-refractivity contribution in [1.82, 2.24) is 10.6 Å². The van der Waals surface area contributed by atoms with E-state index in [2.05, 4.69) is 20.1 Å². The molecule has 1 aromatic rings. The highest BCUT2D eigenvalue weighted by Crippen LogP contribution is 2.02. The number of aliphatic hydroxyl groups is 1. The molecule has 0 aliphatic heterocycles. The highest BCUT2D eigenvalue weighted by molar-refractivity contribution is 5.88. The molecule has 0 aromatic heterocycles. The minimum atomic E-state index is -1.24. The van der Waals surface area contributed by atoms with E-state index < -0.39 is 48.9 Å². The van der Waals surface area contributed by atoms with Crippen molar-refractivity contribution in [3.63, 3.8) is 0 Å². The number of aliphatic hydroxyl groups excluding tert-OH is 1. The van der Waals surface area contributed by atoms with Crippen molar-refractivity contribution in [1.29, 1.82) is 0 Å². The molecule has 0 saturated carbocycles. The Morgan fingerprint density at radius 3 is 2.32 bits per heavy atom. The van der Waals surface area contributed by atoms with Crippen LogP contribution in [0.15, 0.2) is 30.3 Å². The van der Waals surface area contributed by atoms with Crippen molar-refractivity contribution < 1.29 is 38.5 Å². The fourth-order valence-electron chi connectivity index (χ4n) is 2.10. The van der Waals surface area contributed by atoms with E-state index in [4.69, 9.17) is 4.74 Å². The Morgan fingerprint density at radius 2 is 1.71 bits per heavy atom. The molecular formula is C18H24N2O8. The molecule has 0 unspecified atom stereocenters. The second kappa shape index (κ2) is 12.3. The summed E-state index contributed by atoms with van der Waals surface area (Å²) in [7, 11) is 2.25. The van der Waals surface area contributed by atoms with Gasteiger partial charge in [-0.2, -0.15) is 0 Å². The number of esters is 2. The second-order valence-electron chi connectivity index (χ2n) is 5.72. The van der Waals surface area contributed by atoms with Crippen LogP contribution in [0.5, 0.6) is 0 Å². The van der Waals surface area contributed by atoms with Gasteiger partial charge in [-0.1, -0.05) is 30.3 Å². The molecule has 154 valence electrons. The summed E-state index contributed by atoms with van der Waals surface area (Å²) in [5.41, 5.74) is 0.803. The summed E-state index contributed by atoms with van der Waals surface area (Å²) in [4.78, 5) is 46.4. The third-order valence-electron chi connectivity index (χ3n) is 3.54. The number of carbonyl (C=O) groups excluding carboxylic acids is 4. The molecule has 1 rings (SSSR count). The number of benzene rings is 1. The second-order valence-corrected chi connectivity index (χ2v) is 5.72. The summed E-state index contributed by atoms with van der Waals surface area (Å²) in [6, 6.07) is 7.79. The van der Waals surface area contributed by atoms with Gasteiger partial charge >= 0.3 is 18.0 Å². The van der Waals surface area contributed by atoms with Crippen LogP contribution in [0.25, 0.3) is 0 Å². The Kier molecular flexibility index (Phi) is 10.0. The molecule has 10 heteroatoms. The number of rotatable bonds is 10. The van der Waals surface area contributed by atoms with Crippen LogP contribution in [0.1, 0.15) is 18.4 Å². The molecule has 10 nitrogen and oxygen atoms in total. The van der Waals surface area contributed by atoms with E-state index in [0.717, 1.165) is 19.8 Å². The van der Waals surface area contributed by atoms with Crippen LogP contribution >= 0.6 is 0 Å². The van der Waals surface area contributed by atoms with Crippen molar-refractivity contribution in [2.75, 3.05) is 20.8 Å². The zero-order valence-corrected chi connectivity index (χ0v) is 15.7. The van der Waals surface area contributed by atoms with Crippen LogP contribution in [0.3, 0.4) is 0 Å². The largest absolute Gasteiger partial charge is 0.469 e. The molecule has 0 aliphatic carbocycles. The number of alkyl carbamates (subject to hydrolysis) is 1. The lowest BCUT2D eigenvalue weighted by Gasteiger charge is -2.17. The summed E-state index contributed by atoms with van der Waals surface area (Å²) in [5, 5.41) is 14.5. The van der Waals surface area contributed by atoms with Crippen molar-refractivity contribution in [2.45, 2.75) is 31.6 Å². The minimum absolute atomic E-state index is 0.0671. The third-order valence-corrected chi connectivity index (χ3v) is 3.54. The molecule has 0 aliphatic rings. The lowest BCUT2D eigenvalue weighted by molar-refractivity contribution is -0.150. The molecule has 0 bridgehead atoms. The number of ether oxygens (including phenoxy) is 3. The van der Waals surface area contributed by atoms with Gasteiger partial charge in [0.1, 0.15) is 12.6 Å². The van der Waals surface area contributed by atoms with E-state index in [9.17, 15) is 24.3 Å². The van der Waals surface area contributed by atoms with Crippen LogP contribution in [0.4, 0.5) is 4.79 Å². The summed E-state index contributed by atoms with van der Waals surface area (Å²) in [6.07, 6.45) is -2.79. The molecular weight excluding hydrogens is 372 g/mol. The van der Waals surface area contributed by atoms with Crippen molar-refractivity contribution in [2.24, 2.45) is 0 Å². The van der Waals surface area contributed by atoms with Gasteiger partial charge in [0.25, 0.3) is 0 Å². The zero-order valence-electron chi connectivity index (χ0n) is 15.7. The maximum absolute atomic E-state index is 11.9. The van der Waals surface area contributed by atoms with Crippen molar-refractivity contribution >= 4 is 23.9 Å². The quantitative estimate of drug-likeness (QED) is 0.367. The molecule has 1 aromatic carbocycles. The van der Waals surface area contributed by atoms with Gasteiger partial charge in [0.2, 0.25) is 5.91 Å². The van der Waals surface area contributed by atoms with Crippen molar-refractivity contribution in [3.8, 4) is 0 Å². The summed E-state index contributed by atoms with van der Waals surface area (Å²) in [5.74, 6) is -2.24. The molecule has 0 saturated heterocycles. The Bertz CT molecular complexity index is 665.